The van der Waals surface area contributed by atoms with Gasteiger partial charge in [0, 0.05) is 15.7 Å². The maximum Gasteiger partial charge on any atom is 0.340 e. The van der Waals surface area contributed by atoms with Crippen molar-refractivity contribution in [2.24, 2.45) is 0 Å². The lowest BCUT2D eigenvalue weighted by Crippen LogP contribution is -2.24. The van der Waals surface area contributed by atoms with Gasteiger partial charge in [0.2, 0.25) is 5.75 Å². The van der Waals surface area contributed by atoms with Crippen LogP contribution >= 0.6 is 23.2 Å². The number of amides is 1. The van der Waals surface area contributed by atoms with Crippen molar-refractivity contribution in [3.8, 4) is 17.2 Å². The number of ether oxygens (including phenoxy) is 4. The molecule has 1 heterocycles. The monoisotopic (exact) mass is 477 g/mol. The molecule has 9 heteroatoms. The van der Waals surface area contributed by atoms with Crippen molar-refractivity contribution >= 4 is 46.8 Å². The molecule has 0 bridgehead atoms. The SMILES string of the molecule is COC(=O)C1=C(C)N(c2cc(Cl)cc(Cl)c2)C(=O)/C1=C\c1cc(OC)c(OC)c(OC)c1. The molecule has 3 rings (SSSR count). The lowest BCUT2D eigenvalue weighted by atomic mass is 10.0. The van der Waals surface area contributed by atoms with E-state index in [0.717, 1.165) is 0 Å². The third-order valence-electron chi connectivity index (χ3n) is 4.89. The molecule has 1 aliphatic heterocycles. The van der Waals surface area contributed by atoms with Crippen LogP contribution in [0.25, 0.3) is 6.08 Å². The second-order valence-corrected chi connectivity index (χ2v) is 7.61. The van der Waals surface area contributed by atoms with E-state index in [0.29, 0.717) is 44.2 Å². The zero-order valence-corrected chi connectivity index (χ0v) is 19.6. The molecule has 168 valence electrons. The third-order valence-corrected chi connectivity index (χ3v) is 5.33. The predicted molar refractivity (Wildman–Crippen MR) is 123 cm³/mol. The first-order chi connectivity index (χ1) is 15.2. The topological polar surface area (TPSA) is 74.3 Å². The lowest BCUT2D eigenvalue weighted by molar-refractivity contribution is -0.136. The second kappa shape index (κ2) is 9.54. The third kappa shape index (κ3) is 4.26. The number of carbonyl (C=O) groups is 2. The number of rotatable bonds is 6. The van der Waals surface area contributed by atoms with Crippen molar-refractivity contribution in [2.75, 3.05) is 33.3 Å². The molecule has 0 aliphatic carbocycles. The van der Waals surface area contributed by atoms with Gasteiger partial charge in [0.1, 0.15) is 0 Å². The van der Waals surface area contributed by atoms with Gasteiger partial charge in [-0.05, 0) is 48.9 Å². The average molecular weight is 478 g/mol. The average Bonchev–Trinajstić information content (AvgIpc) is 3.00. The molecule has 0 fully saturated rings. The van der Waals surface area contributed by atoms with Gasteiger partial charge < -0.3 is 18.9 Å². The van der Waals surface area contributed by atoms with Gasteiger partial charge in [-0.15, -0.1) is 0 Å². The van der Waals surface area contributed by atoms with Crippen molar-refractivity contribution in [3.05, 3.63) is 62.8 Å². The van der Waals surface area contributed by atoms with Crippen LogP contribution in [0.3, 0.4) is 0 Å². The molecule has 0 aromatic heterocycles. The van der Waals surface area contributed by atoms with Crippen LogP contribution in [0.5, 0.6) is 17.2 Å². The molecule has 7 nitrogen and oxygen atoms in total. The Morgan fingerprint density at radius 2 is 1.47 bits per heavy atom. The highest BCUT2D eigenvalue weighted by Gasteiger charge is 2.38. The summed E-state index contributed by atoms with van der Waals surface area (Å²) in [5.74, 6) is 0.135. The zero-order valence-electron chi connectivity index (χ0n) is 18.1. The van der Waals surface area contributed by atoms with E-state index in [4.69, 9.17) is 42.1 Å². The lowest BCUT2D eigenvalue weighted by Gasteiger charge is -2.18. The van der Waals surface area contributed by atoms with Gasteiger partial charge in [-0.25, -0.2) is 4.79 Å². The Labute approximate surface area is 195 Å². The van der Waals surface area contributed by atoms with E-state index >= 15 is 0 Å². The van der Waals surface area contributed by atoms with Crippen LogP contribution in [0.15, 0.2) is 47.2 Å². The Hall–Kier alpha value is -3.16. The number of benzene rings is 2. The molecule has 2 aromatic rings. The van der Waals surface area contributed by atoms with Crippen molar-refractivity contribution < 1.29 is 28.5 Å². The van der Waals surface area contributed by atoms with E-state index < -0.39 is 11.9 Å². The van der Waals surface area contributed by atoms with Gasteiger partial charge in [-0.1, -0.05) is 23.2 Å². The quantitative estimate of drug-likeness (QED) is 0.435. The summed E-state index contributed by atoms with van der Waals surface area (Å²) in [6.07, 6.45) is 1.56. The molecule has 1 aliphatic rings. The van der Waals surface area contributed by atoms with E-state index in [1.807, 2.05) is 0 Å². The molecule has 0 spiro atoms. The fraction of sp³-hybridized carbons (Fsp3) is 0.217. The Kier molecular flexibility index (Phi) is 7.01. The summed E-state index contributed by atoms with van der Waals surface area (Å²) in [5, 5.41) is 0.713. The number of allylic oxidation sites excluding steroid dienone is 1. The number of methoxy groups -OCH3 is 4. The largest absolute Gasteiger partial charge is 0.493 e. The molecule has 0 saturated carbocycles. The molecule has 2 aromatic carbocycles. The van der Waals surface area contributed by atoms with E-state index in [1.165, 1.54) is 33.3 Å². The smallest absolute Gasteiger partial charge is 0.340 e. The summed E-state index contributed by atoms with van der Waals surface area (Å²) < 4.78 is 21.0. The van der Waals surface area contributed by atoms with Crippen LogP contribution in [0.1, 0.15) is 12.5 Å². The van der Waals surface area contributed by atoms with Gasteiger partial charge in [0.25, 0.3) is 5.91 Å². The van der Waals surface area contributed by atoms with Gasteiger partial charge in [0.05, 0.1) is 45.3 Å². The van der Waals surface area contributed by atoms with Crippen LogP contribution in [0.4, 0.5) is 5.69 Å². The molecular weight excluding hydrogens is 457 g/mol. The zero-order chi connectivity index (χ0) is 23.6. The van der Waals surface area contributed by atoms with E-state index in [2.05, 4.69) is 0 Å². The van der Waals surface area contributed by atoms with Crippen LogP contribution < -0.4 is 19.1 Å². The Morgan fingerprint density at radius 1 is 0.906 bits per heavy atom. The van der Waals surface area contributed by atoms with Gasteiger partial charge in [-0.2, -0.15) is 0 Å². The van der Waals surface area contributed by atoms with Crippen molar-refractivity contribution in [3.63, 3.8) is 0 Å². The normalized spacial score (nSPS) is 14.8. The fourth-order valence-electron chi connectivity index (χ4n) is 3.51. The van der Waals surface area contributed by atoms with Gasteiger partial charge in [0.15, 0.2) is 11.5 Å². The number of hydrogen-bond donors (Lipinski definition) is 0. The minimum atomic E-state index is -0.648. The maximum absolute atomic E-state index is 13.4. The molecule has 0 radical (unpaired) electrons. The highest BCUT2D eigenvalue weighted by molar-refractivity contribution is 6.35. The van der Waals surface area contributed by atoms with Crippen molar-refractivity contribution in [1.82, 2.24) is 0 Å². The summed E-state index contributed by atoms with van der Waals surface area (Å²) >= 11 is 12.3. The van der Waals surface area contributed by atoms with Crippen molar-refractivity contribution in [2.45, 2.75) is 6.92 Å². The van der Waals surface area contributed by atoms with Gasteiger partial charge >= 0.3 is 5.97 Å². The number of hydrogen-bond acceptors (Lipinski definition) is 6. The predicted octanol–water partition coefficient (Wildman–Crippen LogP) is 4.90. The molecular formula is C23H21Cl2NO6. The van der Waals surface area contributed by atoms with E-state index in [-0.39, 0.29) is 11.1 Å². The van der Waals surface area contributed by atoms with Crippen LogP contribution in [0, 0.1) is 0 Å². The first-order valence-electron chi connectivity index (χ1n) is 9.37. The second-order valence-electron chi connectivity index (χ2n) is 6.74. The summed E-state index contributed by atoms with van der Waals surface area (Å²) in [4.78, 5) is 27.4. The maximum atomic E-state index is 13.4. The molecule has 0 atom stereocenters. The molecule has 0 unspecified atom stereocenters. The number of anilines is 1. The molecule has 0 N–H and O–H groups in total. The summed E-state index contributed by atoms with van der Waals surface area (Å²) in [7, 11) is 5.73. The minimum absolute atomic E-state index is 0.127. The summed E-state index contributed by atoms with van der Waals surface area (Å²) in [6, 6.07) is 8.08. The van der Waals surface area contributed by atoms with Crippen LogP contribution in [-0.4, -0.2) is 40.3 Å². The highest BCUT2D eigenvalue weighted by atomic mass is 35.5. The molecule has 0 saturated heterocycles. The Bertz CT molecular complexity index is 1110. The minimum Gasteiger partial charge on any atom is -0.493 e. The van der Waals surface area contributed by atoms with Gasteiger partial charge in [-0.3, -0.25) is 9.69 Å². The number of esters is 1. The first-order valence-corrected chi connectivity index (χ1v) is 10.1. The molecule has 1 amide bonds. The molecule has 32 heavy (non-hydrogen) atoms. The standard InChI is InChI=1S/C23H21Cl2NO6/c1-12-20(23(28)32-5)17(22(27)26(12)16-10-14(24)9-15(25)11-16)6-13-7-18(29-2)21(31-4)19(8-13)30-3/h6-11H,1-5H3/b17-6-. The van der Waals surface area contributed by atoms with Crippen LogP contribution in [-0.2, 0) is 14.3 Å². The fourth-order valence-corrected chi connectivity index (χ4v) is 4.03. The Balaban J connectivity index is 2.20. The van der Waals surface area contributed by atoms with Crippen molar-refractivity contribution in [1.29, 1.82) is 0 Å². The number of halogens is 2. The van der Waals surface area contributed by atoms with E-state index in [1.54, 1.807) is 43.3 Å². The summed E-state index contributed by atoms with van der Waals surface area (Å²) in [6.45, 7) is 1.65. The summed E-state index contributed by atoms with van der Waals surface area (Å²) in [5.41, 5.74) is 1.64. The Morgan fingerprint density at radius 3 is 1.94 bits per heavy atom. The number of nitrogens with zero attached hydrogens (tertiary/aromatic N) is 1. The van der Waals surface area contributed by atoms with Crippen LogP contribution in [0.2, 0.25) is 10.0 Å². The van der Waals surface area contributed by atoms with E-state index in [9.17, 15) is 9.59 Å². The highest BCUT2D eigenvalue weighted by Crippen LogP contribution is 2.41. The number of carbonyl (C=O) groups excluding carboxylic acids is 2. The first kappa shape index (κ1) is 23.5.